The minimum Gasteiger partial charge on any atom is -0.322 e. The van der Waals surface area contributed by atoms with Gasteiger partial charge in [-0.2, -0.15) is 4.31 Å². The van der Waals surface area contributed by atoms with Gasteiger partial charge in [-0.3, -0.25) is 14.4 Å². The Morgan fingerprint density at radius 3 is 2.91 bits per heavy atom. The molecule has 0 N–H and O–H groups in total. The van der Waals surface area contributed by atoms with Crippen LogP contribution in [-0.2, 0) is 16.1 Å². The molecule has 0 aliphatic carbocycles. The van der Waals surface area contributed by atoms with Crippen molar-refractivity contribution in [2.45, 2.75) is 32.4 Å². The van der Waals surface area contributed by atoms with E-state index in [1.807, 2.05) is 13.0 Å². The van der Waals surface area contributed by atoms with Crippen LogP contribution in [0.1, 0.15) is 35.7 Å². The third-order valence-electron chi connectivity index (χ3n) is 3.51. The smallest absolute Gasteiger partial charge is 0.263 e. The van der Waals surface area contributed by atoms with Gasteiger partial charge in [-0.25, -0.2) is 0 Å². The van der Waals surface area contributed by atoms with Gasteiger partial charge in [-0.15, -0.1) is 3.89 Å². The second kappa shape index (κ2) is 7.23. The van der Waals surface area contributed by atoms with Crippen LogP contribution in [0, 0.1) is 0 Å². The fourth-order valence-electron chi connectivity index (χ4n) is 2.50. The number of benzene rings is 1. The summed E-state index contributed by atoms with van der Waals surface area (Å²) in [7, 11) is 0. The molecule has 0 fully saturated rings. The summed E-state index contributed by atoms with van der Waals surface area (Å²) in [6.07, 6.45) is 1.12. The predicted molar refractivity (Wildman–Crippen MR) is 84.3 cm³/mol. The summed E-state index contributed by atoms with van der Waals surface area (Å²) in [6.45, 7) is 2.13. The highest BCUT2D eigenvalue weighted by atomic mass is 79.9. The van der Waals surface area contributed by atoms with Gasteiger partial charge in [-0.1, -0.05) is 29.3 Å². The van der Waals surface area contributed by atoms with E-state index in [1.54, 1.807) is 12.1 Å². The highest BCUT2D eigenvalue weighted by molar-refractivity contribution is 9.10. The number of fused-ring (bicyclic) bond motifs is 1. The van der Waals surface area contributed by atoms with Gasteiger partial charge in [0.2, 0.25) is 6.41 Å². The normalized spacial score (nSPS) is 14.7. The van der Waals surface area contributed by atoms with E-state index in [9.17, 15) is 18.3 Å². The summed E-state index contributed by atoms with van der Waals surface area (Å²) in [5, 5.41) is 0. The third-order valence-corrected chi connectivity index (χ3v) is 4.42. The van der Waals surface area contributed by atoms with Crippen molar-refractivity contribution >= 4 is 46.5 Å². The molecule has 0 saturated carbocycles. The molecule has 22 heavy (non-hydrogen) atoms. The minimum absolute atomic E-state index is 0.125. The van der Waals surface area contributed by atoms with Crippen molar-refractivity contribution in [3.63, 3.8) is 0 Å². The lowest BCUT2D eigenvalue weighted by atomic mass is 10.1. The maximum Gasteiger partial charge on any atom is 0.263 e. The van der Waals surface area contributed by atoms with E-state index in [1.165, 1.54) is 4.90 Å². The van der Waals surface area contributed by atoms with Crippen molar-refractivity contribution in [3.05, 3.63) is 33.8 Å². The number of carbonyl (C=O) groups excluding carboxylic acids is 3. The third kappa shape index (κ3) is 3.17. The topological polar surface area (TPSA) is 57.7 Å². The highest BCUT2D eigenvalue weighted by Crippen LogP contribution is 2.29. The van der Waals surface area contributed by atoms with Crippen LogP contribution in [0.4, 0.5) is 3.89 Å². The number of hydrogen-bond donors (Lipinski definition) is 0. The molecule has 1 unspecified atom stereocenters. The van der Waals surface area contributed by atoms with E-state index >= 15 is 0 Å². The van der Waals surface area contributed by atoms with Crippen molar-refractivity contribution in [3.8, 4) is 0 Å². The van der Waals surface area contributed by atoms with Gasteiger partial charge in [0.15, 0.2) is 12.3 Å². The summed E-state index contributed by atoms with van der Waals surface area (Å²) >= 11 is 2.89. The Balaban J connectivity index is 2.29. The predicted octanol–water partition coefficient (Wildman–Crippen LogP) is 3.09. The lowest BCUT2D eigenvalue weighted by molar-refractivity contribution is -0.136. The van der Waals surface area contributed by atoms with Crippen molar-refractivity contribution in [1.29, 1.82) is 0 Å². The fourth-order valence-corrected chi connectivity index (χ4v) is 3.13. The van der Waals surface area contributed by atoms with Gasteiger partial charge < -0.3 is 4.90 Å². The van der Waals surface area contributed by atoms with Gasteiger partial charge in [-0.05, 0) is 30.2 Å². The first kappa shape index (κ1) is 17.0. The Labute approximate surface area is 140 Å². The van der Waals surface area contributed by atoms with Crippen LogP contribution in [0.15, 0.2) is 22.7 Å². The van der Waals surface area contributed by atoms with Crippen LogP contribution < -0.4 is 0 Å². The Kier molecular flexibility index (Phi) is 5.57. The molecular weight excluding hydrogens is 375 g/mol. The lowest BCUT2D eigenvalue weighted by Crippen LogP contribution is -2.46. The lowest BCUT2D eigenvalue weighted by Gasteiger charge is -2.27. The molecule has 2 rings (SSSR count). The Morgan fingerprint density at radius 2 is 2.32 bits per heavy atom. The zero-order valence-electron chi connectivity index (χ0n) is 11.8. The van der Waals surface area contributed by atoms with Crippen LogP contribution in [0.3, 0.4) is 0 Å². The zero-order chi connectivity index (χ0) is 16.3. The molecule has 0 aromatic heterocycles. The number of rotatable bonds is 6. The van der Waals surface area contributed by atoms with Gasteiger partial charge in [0.1, 0.15) is 6.04 Å². The van der Waals surface area contributed by atoms with E-state index < -0.39 is 24.3 Å². The summed E-state index contributed by atoms with van der Waals surface area (Å²) in [4.78, 5) is 36.9. The molecule has 1 aromatic carbocycles. The van der Waals surface area contributed by atoms with Gasteiger partial charge in [0.25, 0.3) is 11.8 Å². The standard InChI is InChI=1S/C14H14BrFN2O3S/c1-2-3-12(14(21)18(8-19)22-16)17-7-9-6-10(15)4-5-11(9)13(17)20/h4-6,8,12H,2-3,7H2,1H3. The van der Waals surface area contributed by atoms with Crippen LogP contribution in [-0.4, -0.2) is 33.5 Å². The van der Waals surface area contributed by atoms with E-state index in [-0.39, 0.29) is 18.9 Å². The van der Waals surface area contributed by atoms with E-state index in [2.05, 4.69) is 15.9 Å². The number of carbonyl (C=O) groups is 3. The summed E-state index contributed by atoms with van der Waals surface area (Å²) in [5.41, 5.74) is 1.33. The number of nitrogens with zero attached hydrogens (tertiary/aromatic N) is 2. The number of imide groups is 1. The molecule has 0 bridgehead atoms. The van der Waals surface area contributed by atoms with Gasteiger partial charge >= 0.3 is 0 Å². The molecule has 118 valence electrons. The first-order chi connectivity index (χ1) is 10.5. The number of hydrogen-bond acceptors (Lipinski definition) is 4. The summed E-state index contributed by atoms with van der Waals surface area (Å²) in [6, 6.07) is 4.42. The van der Waals surface area contributed by atoms with Crippen molar-refractivity contribution < 1.29 is 18.3 Å². The SMILES string of the molecule is CCCC(C(=O)N(C=O)SF)N1Cc2cc(Br)ccc2C1=O. The molecule has 0 radical (unpaired) electrons. The van der Waals surface area contributed by atoms with Gasteiger partial charge in [0, 0.05) is 16.6 Å². The van der Waals surface area contributed by atoms with Crippen LogP contribution in [0.25, 0.3) is 0 Å². The molecule has 1 aliphatic rings. The number of halogens is 2. The molecule has 1 aliphatic heterocycles. The monoisotopic (exact) mass is 388 g/mol. The molecule has 3 amide bonds. The quantitative estimate of drug-likeness (QED) is 0.554. The van der Waals surface area contributed by atoms with Crippen LogP contribution in [0.2, 0.25) is 0 Å². The summed E-state index contributed by atoms with van der Waals surface area (Å²) < 4.78 is 13.9. The molecule has 0 saturated heterocycles. The van der Waals surface area contributed by atoms with Crippen molar-refractivity contribution in [2.24, 2.45) is 0 Å². The molecule has 1 aromatic rings. The van der Waals surface area contributed by atoms with Crippen LogP contribution in [0.5, 0.6) is 0 Å². The van der Waals surface area contributed by atoms with Gasteiger partial charge in [0.05, 0.1) is 0 Å². The minimum atomic E-state index is -0.850. The fraction of sp³-hybridized carbons (Fsp3) is 0.357. The molecule has 5 nitrogen and oxygen atoms in total. The van der Waals surface area contributed by atoms with E-state index in [0.29, 0.717) is 22.7 Å². The maximum absolute atomic E-state index is 12.7. The Hall–Kier alpha value is -1.41. The summed E-state index contributed by atoms with van der Waals surface area (Å²) in [5.74, 6) is -0.992. The van der Waals surface area contributed by atoms with Crippen molar-refractivity contribution in [1.82, 2.24) is 9.21 Å². The van der Waals surface area contributed by atoms with Crippen molar-refractivity contribution in [2.75, 3.05) is 0 Å². The Bertz CT molecular complexity index is 614. The second-order valence-electron chi connectivity index (χ2n) is 4.88. The maximum atomic E-state index is 12.7. The molecular formula is C14H14BrFN2O3S. The average Bonchev–Trinajstić information content (AvgIpc) is 2.82. The molecule has 0 spiro atoms. The molecule has 1 atom stereocenters. The molecule has 1 heterocycles. The Morgan fingerprint density at radius 1 is 1.59 bits per heavy atom. The second-order valence-corrected chi connectivity index (χ2v) is 6.32. The van der Waals surface area contributed by atoms with E-state index in [4.69, 9.17) is 0 Å². The number of amides is 3. The molecule has 8 heteroatoms. The van der Waals surface area contributed by atoms with E-state index in [0.717, 1.165) is 10.0 Å². The highest BCUT2D eigenvalue weighted by Gasteiger charge is 2.38. The largest absolute Gasteiger partial charge is 0.322 e. The first-order valence-electron chi connectivity index (χ1n) is 6.70. The zero-order valence-corrected chi connectivity index (χ0v) is 14.2. The first-order valence-corrected chi connectivity index (χ1v) is 8.16. The average molecular weight is 389 g/mol. The van der Waals surface area contributed by atoms with Crippen LogP contribution >= 0.6 is 28.3 Å².